The van der Waals surface area contributed by atoms with Crippen LogP contribution in [0.1, 0.15) is 16.8 Å². The summed E-state index contributed by atoms with van der Waals surface area (Å²) in [5.74, 6) is 0.900. The first-order valence-electron chi connectivity index (χ1n) is 8.39. The second-order valence-electron chi connectivity index (χ2n) is 6.18. The molecule has 3 rings (SSSR count). The number of hydrogen-bond donors (Lipinski definition) is 1. The molecular formula is C20H19Cl2N3O2. The van der Waals surface area contributed by atoms with Crippen LogP contribution >= 0.6 is 23.2 Å². The van der Waals surface area contributed by atoms with Gasteiger partial charge < -0.3 is 10.1 Å². The maximum atomic E-state index is 12.1. The Balaban J connectivity index is 1.61. The van der Waals surface area contributed by atoms with Crippen molar-refractivity contribution >= 4 is 34.9 Å². The summed E-state index contributed by atoms with van der Waals surface area (Å²) < 4.78 is 7.34. The normalized spacial score (nSPS) is 10.7. The third-order valence-corrected chi connectivity index (χ3v) is 4.76. The van der Waals surface area contributed by atoms with Gasteiger partial charge in [0.15, 0.2) is 12.4 Å². The lowest BCUT2D eigenvalue weighted by atomic mass is 10.2. The van der Waals surface area contributed by atoms with Gasteiger partial charge in [0, 0.05) is 11.8 Å². The molecule has 2 aromatic carbocycles. The van der Waals surface area contributed by atoms with Gasteiger partial charge in [0.2, 0.25) is 0 Å². The summed E-state index contributed by atoms with van der Waals surface area (Å²) in [4.78, 5) is 12.1. The van der Waals surface area contributed by atoms with E-state index in [0.29, 0.717) is 28.2 Å². The van der Waals surface area contributed by atoms with Gasteiger partial charge in [-0.1, -0.05) is 47.5 Å². The largest absolute Gasteiger partial charge is 0.483 e. The van der Waals surface area contributed by atoms with E-state index in [4.69, 9.17) is 27.9 Å². The van der Waals surface area contributed by atoms with Crippen molar-refractivity contribution in [1.29, 1.82) is 0 Å². The summed E-state index contributed by atoms with van der Waals surface area (Å²) in [6, 6.07) is 14.8. The first kappa shape index (κ1) is 19.3. The average Bonchev–Trinajstić information content (AvgIpc) is 2.96. The van der Waals surface area contributed by atoms with Gasteiger partial charge in [-0.25, -0.2) is 0 Å². The molecule has 0 aliphatic carbocycles. The van der Waals surface area contributed by atoms with Crippen LogP contribution in [0, 0.1) is 13.8 Å². The lowest BCUT2D eigenvalue weighted by Crippen LogP contribution is -2.20. The minimum atomic E-state index is -0.266. The predicted octanol–water partition coefficient (Wildman–Crippen LogP) is 4.87. The molecule has 27 heavy (non-hydrogen) atoms. The average molecular weight is 404 g/mol. The van der Waals surface area contributed by atoms with E-state index in [1.807, 2.05) is 50.2 Å². The lowest BCUT2D eigenvalue weighted by molar-refractivity contribution is -0.118. The van der Waals surface area contributed by atoms with Gasteiger partial charge in [0.1, 0.15) is 5.75 Å². The van der Waals surface area contributed by atoms with E-state index in [9.17, 15) is 4.79 Å². The van der Waals surface area contributed by atoms with Crippen LogP contribution in [0.4, 0.5) is 5.82 Å². The molecule has 140 valence electrons. The number of aromatic nitrogens is 2. The number of hydrogen-bond acceptors (Lipinski definition) is 3. The summed E-state index contributed by atoms with van der Waals surface area (Å²) >= 11 is 12.0. The number of carbonyl (C=O) groups excluding carboxylic acids is 1. The molecule has 0 bridgehead atoms. The Morgan fingerprint density at radius 3 is 2.63 bits per heavy atom. The van der Waals surface area contributed by atoms with Crippen LogP contribution in [0.25, 0.3) is 0 Å². The molecule has 5 nitrogen and oxygen atoms in total. The van der Waals surface area contributed by atoms with E-state index >= 15 is 0 Å². The third kappa shape index (κ3) is 5.02. The summed E-state index contributed by atoms with van der Waals surface area (Å²) in [6.45, 7) is 4.30. The van der Waals surface area contributed by atoms with E-state index in [1.54, 1.807) is 16.8 Å². The number of para-hydroxylation sites is 1. The van der Waals surface area contributed by atoms with Crippen molar-refractivity contribution in [3.05, 3.63) is 75.4 Å². The van der Waals surface area contributed by atoms with Gasteiger partial charge in [0.05, 0.1) is 16.6 Å². The molecule has 0 aliphatic heterocycles. The zero-order chi connectivity index (χ0) is 19.4. The maximum absolute atomic E-state index is 12.1. The number of carbonyl (C=O) groups is 1. The van der Waals surface area contributed by atoms with Crippen LogP contribution in [0.5, 0.6) is 5.75 Å². The highest BCUT2D eigenvalue weighted by atomic mass is 35.5. The third-order valence-electron chi connectivity index (χ3n) is 4.02. The van der Waals surface area contributed by atoms with Crippen molar-refractivity contribution in [3.63, 3.8) is 0 Å². The number of rotatable bonds is 6. The molecule has 1 amide bonds. The number of nitrogens with one attached hydrogen (secondary N) is 1. The topological polar surface area (TPSA) is 56.1 Å². The van der Waals surface area contributed by atoms with Gasteiger partial charge in [-0.3, -0.25) is 9.48 Å². The van der Waals surface area contributed by atoms with E-state index in [1.165, 1.54) is 0 Å². The zero-order valence-electron chi connectivity index (χ0n) is 15.0. The number of benzene rings is 2. The van der Waals surface area contributed by atoms with Crippen molar-refractivity contribution in [1.82, 2.24) is 9.78 Å². The minimum absolute atomic E-state index is 0.0798. The highest BCUT2D eigenvalue weighted by molar-refractivity contribution is 6.42. The second kappa shape index (κ2) is 8.46. The van der Waals surface area contributed by atoms with Crippen LogP contribution in [0.3, 0.4) is 0 Å². The zero-order valence-corrected chi connectivity index (χ0v) is 16.5. The van der Waals surface area contributed by atoms with Crippen molar-refractivity contribution in [3.8, 4) is 5.75 Å². The van der Waals surface area contributed by atoms with E-state index in [-0.39, 0.29) is 12.5 Å². The van der Waals surface area contributed by atoms with Crippen LogP contribution in [0.2, 0.25) is 10.0 Å². The summed E-state index contributed by atoms with van der Waals surface area (Å²) in [7, 11) is 0. The van der Waals surface area contributed by atoms with Crippen LogP contribution in [-0.4, -0.2) is 22.3 Å². The van der Waals surface area contributed by atoms with E-state index in [0.717, 1.165) is 16.8 Å². The Bertz CT molecular complexity index is 970. The molecule has 0 unspecified atom stereocenters. The molecule has 0 saturated carbocycles. The van der Waals surface area contributed by atoms with Crippen LogP contribution < -0.4 is 10.1 Å². The molecule has 0 saturated heterocycles. The van der Waals surface area contributed by atoms with Gasteiger partial charge in [-0.2, -0.15) is 5.10 Å². The fourth-order valence-electron chi connectivity index (χ4n) is 2.58. The van der Waals surface area contributed by atoms with E-state index in [2.05, 4.69) is 10.4 Å². The van der Waals surface area contributed by atoms with Gasteiger partial charge in [-0.15, -0.1) is 0 Å². The molecule has 3 aromatic rings. The first-order chi connectivity index (χ1) is 12.9. The monoisotopic (exact) mass is 403 g/mol. The molecule has 0 fully saturated rings. The van der Waals surface area contributed by atoms with Gasteiger partial charge in [0.25, 0.3) is 5.91 Å². The molecule has 0 spiro atoms. The SMILES string of the molecule is Cc1ccccc1OCC(=O)Nc1cc(C)n(Cc2ccc(Cl)c(Cl)c2)n1. The lowest BCUT2D eigenvalue weighted by Gasteiger charge is -2.08. The predicted molar refractivity (Wildman–Crippen MR) is 108 cm³/mol. The maximum Gasteiger partial charge on any atom is 0.263 e. The van der Waals surface area contributed by atoms with E-state index < -0.39 is 0 Å². The van der Waals surface area contributed by atoms with Crippen molar-refractivity contribution in [2.75, 3.05) is 11.9 Å². The van der Waals surface area contributed by atoms with Crippen molar-refractivity contribution < 1.29 is 9.53 Å². The summed E-state index contributed by atoms with van der Waals surface area (Å²) in [5.41, 5.74) is 2.86. The number of halogens is 2. The first-order valence-corrected chi connectivity index (χ1v) is 9.14. The summed E-state index contributed by atoms with van der Waals surface area (Å²) in [5, 5.41) is 8.19. The van der Waals surface area contributed by atoms with Gasteiger partial charge in [-0.05, 0) is 43.2 Å². The number of aryl methyl sites for hydroxylation is 2. The highest BCUT2D eigenvalue weighted by Gasteiger charge is 2.10. The molecular weight excluding hydrogens is 385 g/mol. The fourth-order valence-corrected chi connectivity index (χ4v) is 2.90. The van der Waals surface area contributed by atoms with Gasteiger partial charge >= 0.3 is 0 Å². The Hall–Kier alpha value is -2.50. The molecule has 7 heteroatoms. The number of anilines is 1. The smallest absolute Gasteiger partial charge is 0.263 e. The summed E-state index contributed by atoms with van der Waals surface area (Å²) in [6.07, 6.45) is 0. The molecule has 0 atom stereocenters. The second-order valence-corrected chi connectivity index (χ2v) is 6.99. The molecule has 0 aliphatic rings. The Morgan fingerprint density at radius 1 is 1.11 bits per heavy atom. The van der Waals surface area contributed by atoms with Crippen molar-refractivity contribution in [2.24, 2.45) is 0 Å². The Morgan fingerprint density at radius 2 is 1.89 bits per heavy atom. The minimum Gasteiger partial charge on any atom is -0.483 e. The Labute approximate surface area is 167 Å². The van der Waals surface area contributed by atoms with Crippen molar-refractivity contribution in [2.45, 2.75) is 20.4 Å². The standard InChI is InChI=1S/C20H19Cl2N3O2/c1-13-5-3-4-6-18(13)27-12-20(26)23-19-9-14(2)25(24-19)11-15-7-8-16(21)17(22)10-15/h3-10H,11-12H2,1-2H3,(H,23,24,26). The molecule has 0 radical (unpaired) electrons. The fraction of sp³-hybridized carbons (Fsp3) is 0.200. The Kier molecular flexibility index (Phi) is 6.04. The van der Waals surface area contributed by atoms with Crippen LogP contribution in [-0.2, 0) is 11.3 Å². The number of amides is 1. The quantitative estimate of drug-likeness (QED) is 0.638. The highest BCUT2D eigenvalue weighted by Crippen LogP contribution is 2.23. The molecule has 1 N–H and O–H groups in total. The number of ether oxygens (including phenoxy) is 1. The number of nitrogens with zero attached hydrogens (tertiary/aromatic N) is 2. The molecule has 1 aromatic heterocycles. The molecule has 1 heterocycles. The van der Waals surface area contributed by atoms with Crippen LogP contribution in [0.15, 0.2) is 48.5 Å².